The summed E-state index contributed by atoms with van der Waals surface area (Å²) in [6, 6.07) is 0. The molecule has 1 aliphatic carbocycles. The van der Waals surface area contributed by atoms with Gasteiger partial charge in [0.05, 0.1) is 5.25 Å². The standard InChI is InChI=1S/C6H9BrF2O3S/c7-3-1-5(9)6(2-4(3)8)13-12-11-10/h3-6,10H,1-2H2/p-1. The van der Waals surface area contributed by atoms with Crippen molar-refractivity contribution in [1.29, 1.82) is 0 Å². The highest BCUT2D eigenvalue weighted by Crippen LogP contribution is 2.36. The molecule has 0 aliphatic heterocycles. The Morgan fingerprint density at radius 3 is 2.62 bits per heavy atom. The Hall–Kier alpha value is 0.570. The summed E-state index contributed by atoms with van der Waals surface area (Å²) in [5, 5.41) is 11.9. The van der Waals surface area contributed by atoms with Crippen molar-refractivity contribution in [2.24, 2.45) is 0 Å². The van der Waals surface area contributed by atoms with Gasteiger partial charge in [0.2, 0.25) is 0 Å². The molecule has 4 unspecified atom stereocenters. The van der Waals surface area contributed by atoms with E-state index in [4.69, 9.17) is 0 Å². The average Bonchev–Trinajstić information content (AvgIpc) is 2.09. The number of rotatable bonds is 3. The van der Waals surface area contributed by atoms with E-state index in [1.54, 1.807) is 0 Å². The molecular formula is C6H8BrF2O3S-. The highest BCUT2D eigenvalue weighted by molar-refractivity contribution is 9.09. The van der Waals surface area contributed by atoms with Gasteiger partial charge in [0, 0.05) is 16.9 Å². The molecule has 0 aromatic heterocycles. The van der Waals surface area contributed by atoms with Gasteiger partial charge in [0.1, 0.15) is 12.3 Å². The third kappa shape index (κ3) is 3.32. The molecule has 0 heterocycles. The van der Waals surface area contributed by atoms with E-state index in [2.05, 4.69) is 25.3 Å². The summed E-state index contributed by atoms with van der Waals surface area (Å²) in [7, 11) is 0. The van der Waals surface area contributed by atoms with Crippen molar-refractivity contribution >= 4 is 28.0 Å². The molecule has 1 fully saturated rings. The summed E-state index contributed by atoms with van der Waals surface area (Å²) in [5.74, 6) is 0. The zero-order chi connectivity index (χ0) is 9.84. The van der Waals surface area contributed by atoms with Gasteiger partial charge in [0.15, 0.2) is 0 Å². The highest BCUT2D eigenvalue weighted by Gasteiger charge is 2.37. The van der Waals surface area contributed by atoms with Crippen molar-refractivity contribution in [3.63, 3.8) is 0 Å². The van der Waals surface area contributed by atoms with Gasteiger partial charge in [-0.2, -0.15) is 4.33 Å². The molecule has 4 atom stereocenters. The Kier molecular flexibility index (Phi) is 4.88. The Morgan fingerprint density at radius 2 is 2.00 bits per heavy atom. The van der Waals surface area contributed by atoms with E-state index in [0.29, 0.717) is 12.0 Å². The van der Waals surface area contributed by atoms with Gasteiger partial charge in [0.25, 0.3) is 0 Å². The van der Waals surface area contributed by atoms with Gasteiger partial charge in [-0.05, 0) is 12.8 Å². The molecule has 0 spiro atoms. The summed E-state index contributed by atoms with van der Waals surface area (Å²) >= 11 is 3.57. The van der Waals surface area contributed by atoms with E-state index < -0.39 is 22.4 Å². The van der Waals surface area contributed by atoms with Gasteiger partial charge in [-0.25, -0.2) is 8.78 Å². The van der Waals surface area contributed by atoms with E-state index in [9.17, 15) is 14.0 Å². The Morgan fingerprint density at radius 1 is 1.31 bits per heavy atom. The maximum atomic E-state index is 13.1. The Balaban J connectivity index is 2.37. The first-order valence-electron chi connectivity index (χ1n) is 3.69. The van der Waals surface area contributed by atoms with Crippen LogP contribution in [0.4, 0.5) is 8.78 Å². The van der Waals surface area contributed by atoms with Crippen molar-refractivity contribution in [2.45, 2.75) is 35.3 Å². The summed E-state index contributed by atoms with van der Waals surface area (Å²) in [6.07, 6.45) is -2.19. The maximum absolute atomic E-state index is 13.1. The summed E-state index contributed by atoms with van der Waals surface area (Å²) in [6.45, 7) is 0. The van der Waals surface area contributed by atoms with Crippen LogP contribution in [0.15, 0.2) is 0 Å². The summed E-state index contributed by atoms with van der Waals surface area (Å²) in [4.78, 5) is -0.451. The van der Waals surface area contributed by atoms with Crippen LogP contribution in [0.2, 0.25) is 0 Å². The van der Waals surface area contributed by atoms with Crippen LogP contribution < -0.4 is 5.26 Å². The van der Waals surface area contributed by atoms with Crippen LogP contribution in [0.1, 0.15) is 12.8 Å². The van der Waals surface area contributed by atoms with E-state index in [-0.39, 0.29) is 12.8 Å². The average molecular weight is 278 g/mol. The third-order valence-corrected chi connectivity index (χ3v) is 3.71. The van der Waals surface area contributed by atoms with Crippen molar-refractivity contribution < 1.29 is 23.4 Å². The second-order valence-electron chi connectivity index (χ2n) is 2.79. The lowest BCUT2D eigenvalue weighted by Gasteiger charge is -2.30. The summed E-state index contributed by atoms with van der Waals surface area (Å²) < 4.78 is 30.1. The molecule has 0 radical (unpaired) electrons. The van der Waals surface area contributed by atoms with E-state index >= 15 is 0 Å². The zero-order valence-corrected chi connectivity index (χ0v) is 8.89. The van der Waals surface area contributed by atoms with Crippen LogP contribution in [0.25, 0.3) is 0 Å². The Bertz CT molecular complexity index is 165. The smallest absolute Gasteiger partial charge is 0.116 e. The lowest BCUT2D eigenvalue weighted by Crippen LogP contribution is -2.36. The predicted octanol–water partition coefficient (Wildman–Crippen LogP) is 1.46. The van der Waals surface area contributed by atoms with Crippen molar-refractivity contribution in [3.05, 3.63) is 0 Å². The quantitative estimate of drug-likeness (QED) is 0.339. The minimum atomic E-state index is -1.18. The number of hydrogen-bond acceptors (Lipinski definition) is 4. The van der Waals surface area contributed by atoms with E-state index in [1.807, 2.05) is 0 Å². The van der Waals surface area contributed by atoms with Crippen LogP contribution in [0.3, 0.4) is 0 Å². The number of hydrogen-bond donors (Lipinski definition) is 0. The molecular weight excluding hydrogens is 270 g/mol. The molecule has 13 heavy (non-hydrogen) atoms. The van der Waals surface area contributed by atoms with Gasteiger partial charge in [-0.3, -0.25) is 5.04 Å². The molecule has 0 bridgehead atoms. The van der Waals surface area contributed by atoms with E-state index in [1.165, 1.54) is 0 Å². The first kappa shape index (κ1) is 11.6. The normalized spacial score (nSPS) is 40.6. The van der Waals surface area contributed by atoms with Crippen LogP contribution >= 0.6 is 28.0 Å². The van der Waals surface area contributed by atoms with Crippen LogP contribution in [-0.4, -0.2) is 22.4 Å². The van der Waals surface area contributed by atoms with Crippen LogP contribution in [-0.2, 0) is 9.37 Å². The SMILES string of the molecule is [O-]OOSC1CC(F)C(Br)CC1F. The minimum Gasteiger partial charge on any atom is -0.691 e. The van der Waals surface area contributed by atoms with Crippen LogP contribution in [0.5, 0.6) is 0 Å². The summed E-state index contributed by atoms with van der Waals surface area (Å²) in [5.41, 5.74) is 0. The Labute approximate surface area is 87.0 Å². The first-order valence-corrected chi connectivity index (χ1v) is 5.41. The first-order chi connectivity index (χ1) is 6.15. The fourth-order valence-electron chi connectivity index (χ4n) is 1.20. The largest absolute Gasteiger partial charge is 0.691 e. The zero-order valence-electron chi connectivity index (χ0n) is 6.49. The molecule has 78 valence electrons. The van der Waals surface area contributed by atoms with Crippen LogP contribution in [0, 0.1) is 0 Å². The molecule has 1 aliphatic rings. The second kappa shape index (κ2) is 5.45. The van der Waals surface area contributed by atoms with Gasteiger partial charge < -0.3 is 5.26 Å². The molecule has 0 N–H and O–H groups in total. The predicted molar refractivity (Wildman–Crippen MR) is 45.3 cm³/mol. The highest BCUT2D eigenvalue weighted by atomic mass is 79.9. The van der Waals surface area contributed by atoms with Gasteiger partial charge >= 0.3 is 0 Å². The lowest BCUT2D eigenvalue weighted by atomic mass is 9.96. The number of alkyl halides is 3. The van der Waals surface area contributed by atoms with E-state index in [0.717, 1.165) is 0 Å². The third-order valence-electron chi connectivity index (χ3n) is 1.89. The van der Waals surface area contributed by atoms with Gasteiger partial charge in [-0.1, -0.05) is 15.9 Å². The molecule has 0 saturated heterocycles. The molecule has 0 amide bonds. The topological polar surface area (TPSA) is 41.5 Å². The molecule has 0 aromatic rings. The second-order valence-corrected chi connectivity index (χ2v) is 4.90. The maximum Gasteiger partial charge on any atom is 0.116 e. The molecule has 1 rings (SSSR count). The molecule has 3 nitrogen and oxygen atoms in total. The monoisotopic (exact) mass is 277 g/mol. The fraction of sp³-hybridized carbons (Fsp3) is 1.00. The molecule has 1 saturated carbocycles. The van der Waals surface area contributed by atoms with Crippen molar-refractivity contribution in [2.75, 3.05) is 0 Å². The molecule has 7 heteroatoms. The van der Waals surface area contributed by atoms with Gasteiger partial charge in [-0.15, -0.1) is 0 Å². The minimum absolute atomic E-state index is 0.0190. The lowest BCUT2D eigenvalue weighted by molar-refractivity contribution is -0.777. The molecule has 0 aromatic carbocycles. The van der Waals surface area contributed by atoms with Crippen molar-refractivity contribution in [1.82, 2.24) is 0 Å². The fourth-order valence-corrected chi connectivity index (χ4v) is 2.40. The van der Waals surface area contributed by atoms with Crippen molar-refractivity contribution in [3.8, 4) is 0 Å². The number of halogens is 3.